The first-order chi connectivity index (χ1) is 7.22. The third-order valence-electron chi connectivity index (χ3n) is 2.60. The van der Waals surface area contributed by atoms with Crippen LogP contribution < -0.4 is 5.73 Å². The molecule has 0 radical (unpaired) electrons. The molecule has 78 valence electrons. The molecule has 2 N–H and O–H groups in total. The molecule has 2 aromatic rings. The van der Waals surface area contributed by atoms with Gasteiger partial charge >= 0.3 is 0 Å². The Morgan fingerprint density at radius 3 is 2.60 bits per heavy atom. The zero-order valence-corrected chi connectivity index (χ0v) is 9.08. The topological polar surface area (TPSA) is 39.2 Å². The van der Waals surface area contributed by atoms with E-state index in [4.69, 9.17) is 10.2 Å². The Morgan fingerprint density at radius 2 is 1.93 bits per heavy atom. The van der Waals surface area contributed by atoms with Gasteiger partial charge in [-0.25, -0.2) is 0 Å². The Hall–Kier alpha value is -1.54. The van der Waals surface area contributed by atoms with Crippen LogP contribution in [0.1, 0.15) is 16.9 Å². The van der Waals surface area contributed by atoms with Gasteiger partial charge in [0, 0.05) is 5.56 Å². The highest BCUT2D eigenvalue weighted by Crippen LogP contribution is 2.28. The minimum atomic E-state index is 0.440. The fourth-order valence-corrected chi connectivity index (χ4v) is 1.85. The Bertz CT molecular complexity index is 471. The Balaban J connectivity index is 2.54. The molecule has 1 aromatic carbocycles. The summed E-state index contributed by atoms with van der Waals surface area (Å²) in [6.07, 6.45) is 1.69. The number of benzene rings is 1. The minimum absolute atomic E-state index is 0.440. The van der Waals surface area contributed by atoms with Crippen LogP contribution in [0.2, 0.25) is 0 Å². The predicted molar refractivity (Wildman–Crippen MR) is 61.5 cm³/mol. The van der Waals surface area contributed by atoms with Crippen molar-refractivity contribution < 1.29 is 4.42 Å². The zero-order valence-electron chi connectivity index (χ0n) is 9.08. The monoisotopic (exact) mass is 201 g/mol. The third-order valence-corrected chi connectivity index (χ3v) is 2.60. The van der Waals surface area contributed by atoms with Crippen LogP contribution in [-0.2, 0) is 6.54 Å². The van der Waals surface area contributed by atoms with E-state index in [2.05, 4.69) is 32.0 Å². The molecule has 0 unspecified atom stereocenters. The van der Waals surface area contributed by atoms with E-state index >= 15 is 0 Å². The van der Waals surface area contributed by atoms with Gasteiger partial charge in [0.2, 0.25) is 0 Å². The highest BCUT2D eigenvalue weighted by molar-refractivity contribution is 5.69. The Labute approximate surface area is 89.7 Å². The lowest BCUT2D eigenvalue weighted by Crippen LogP contribution is -1.96. The van der Waals surface area contributed by atoms with E-state index in [0.717, 1.165) is 11.3 Å². The number of rotatable bonds is 2. The van der Waals surface area contributed by atoms with Gasteiger partial charge in [-0.1, -0.05) is 23.8 Å². The van der Waals surface area contributed by atoms with Gasteiger partial charge in [-0.05, 0) is 31.0 Å². The average molecular weight is 201 g/mol. The van der Waals surface area contributed by atoms with E-state index in [1.54, 1.807) is 6.26 Å². The summed E-state index contributed by atoms with van der Waals surface area (Å²) in [5.74, 6) is 0.849. The molecular formula is C13H15NO. The third kappa shape index (κ3) is 1.81. The number of furan rings is 1. The molecule has 0 aliphatic rings. The summed E-state index contributed by atoms with van der Waals surface area (Å²) >= 11 is 0. The van der Waals surface area contributed by atoms with E-state index in [-0.39, 0.29) is 0 Å². The highest BCUT2D eigenvalue weighted by Gasteiger charge is 2.09. The van der Waals surface area contributed by atoms with Gasteiger partial charge in [-0.3, -0.25) is 0 Å². The van der Waals surface area contributed by atoms with Gasteiger partial charge in [0.05, 0.1) is 12.8 Å². The smallest absolute Gasteiger partial charge is 0.125 e. The molecule has 0 fully saturated rings. The first kappa shape index (κ1) is 9.99. The maximum Gasteiger partial charge on any atom is 0.125 e. The van der Waals surface area contributed by atoms with Crippen molar-refractivity contribution in [3.8, 4) is 11.1 Å². The lowest BCUT2D eigenvalue weighted by atomic mass is 9.99. The Morgan fingerprint density at radius 1 is 1.13 bits per heavy atom. The number of nitrogens with two attached hydrogens (primary N) is 1. The van der Waals surface area contributed by atoms with Crippen molar-refractivity contribution >= 4 is 0 Å². The van der Waals surface area contributed by atoms with Crippen LogP contribution in [0.5, 0.6) is 0 Å². The van der Waals surface area contributed by atoms with E-state index in [0.29, 0.717) is 6.54 Å². The van der Waals surface area contributed by atoms with Gasteiger partial charge in [0.15, 0.2) is 0 Å². The van der Waals surface area contributed by atoms with Crippen LogP contribution in [0.15, 0.2) is 34.9 Å². The summed E-state index contributed by atoms with van der Waals surface area (Å²) in [7, 11) is 0. The number of aryl methyl sites for hydroxylation is 2. The highest BCUT2D eigenvalue weighted by atomic mass is 16.3. The summed E-state index contributed by atoms with van der Waals surface area (Å²) in [6.45, 7) is 4.64. The first-order valence-corrected chi connectivity index (χ1v) is 5.06. The number of hydrogen-bond acceptors (Lipinski definition) is 2. The summed E-state index contributed by atoms with van der Waals surface area (Å²) in [6, 6.07) is 8.37. The standard InChI is InChI=1S/C13H15NO/c1-9-3-4-11(10(2)7-9)12-5-6-15-13(12)8-14/h3-7H,8,14H2,1-2H3. The molecule has 0 aliphatic heterocycles. The van der Waals surface area contributed by atoms with Gasteiger partial charge in [0.1, 0.15) is 5.76 Å². The second-order valence-electron chi connectivity index (χ2n) is 3.78. The largest absolute Gasteiger partial charge is 0.467 e. The van der Waals surface area contributed by atoms with Crippen molar-refractivity contribution in [2.24, 2.45) is 5.73 Å². The summed E-state index contributed by atoms with van der Waals surface area (Å²) < 4.78 is 5.33. The maximum atomic E-state index is 5.62. The fourth-order valence-electron chi connectivity index (χ4n) is 1.85. The molecule has 0 spiro atoms. The van der Waals surface area contributed by atoms with Crippen molar-refractivity contribution in [1.82, 2.24) is 0 Å². The molecular weight excluding hydrogens is 186 g/mol. The molecule has 0 bridgehead atoms. The molecule has 2 heteroatoms. The average Bonchev–Trinajstić information content (AvgIpc) is 2.65. The predicted octanol–water partition coefficient (Wildman–Crippen LogP) is 3.02. The van der Waals surface area contributed by atoms with Crippen LogP contribution in [0.25, 0.3) is 11.1 Å². The van der Waals surface area contributed by atoms with Crippen molar-refractivity contribution in [3.63, 3.8) is 0 Å². The molecule has 2 rings (SSSR count). The lowest BCUT2D eigenvalue weighted by Gasteiger charge is -2.06. The molecule has 0 amide bonds. The van der Waals surface area contributed by atoms with Gasteiger partial charge in [-0.15, -0.1) is 0 Å². The van der Waals surface area contributed by atoms with Crippen LogP contribution in [-0.4, -0.2) is 0 Å². The molecule has 0 saturated heterocycles. The summed E-state index contributed by atoms with van der Waals surface area (Å²) in [5, 5.41) is 0. The fraction of sp³-hybridized carbons (Fsp3) is 0.231. The summed E-state index contributed by atoms with van der Waals surface area (Å²) in [5.41, 5.74) is 10.5. The van der Waals surface area contributed by atoms with Gasteiger partial charge in [0.25, 0.3) is 0 Å². The zero-order chi connectivity index (χ0) is 10.8. The van der Waals surface area contributed by atoms with Crippen LogP contribution in [0, 0.1) is 13.8 Å². The molecule has 15 heavy (non-hydrogen) atoms. The molecule has 1 aromatic heterocycles. The molecule has 2 nitrogen and oxygen atoms in total. The second-order valence-corrected chi connectivity index (χ2v) is 3.78. The van der Waals surface area contributed by atoms with E-state index in [1.807, 2.05) is 6.07 Å². The van der Waals surface area contributed by atoms with Crippen LogP contribution in [0.3, 0.4) is 0 Å². The van der Waals surface area contributed by atoms with E-state index in [9.17, 15) is 0 Å². The summed E-state index contributed by atoms with van der Waals surface area (Å²) in [4.78, 5) is 0. The first-order valence-electron chi connectivity index (χ1n) is 5.06. The van der Waals surface area contributed by atoms with Crippen molar-refractivity contribution in [2.75, 3.05) is 0 Å². The lowest BCUT2D eigenvalue weighted by molar-refractivity contribution is 0.513. The Kier molecular flexibility index (Phi) is 2.60. The van der Waals surface area contributed by atoms with Crippen LogP contribution >= 0.6 is 0 Å². The van der Waals surface area contributed by atoms with Crippen LogP contribution in [0.4, 0.5) is 0 Å². The molecule has 0 aliphatic carbocycles. The van der Waals surface area contributed by atoms with Gasteiger partial charge in [-0.2, -0.15) is 0 Å². The molecule has 1 heterocycles. The van der Waals surface area contributed by atoms with Gasteiger partial charge < -0.3 is 10.2 Å². The van der Waals surface area contributed by atoms with Crippen molar-refractivity contribution in [1.29, 1.82) is 0 Å². The van der Waals surface area contributed by atoms with E-state index < -0.39 is 0 Å². The van der Waals surface area contributed by atoms with Crippen molar-refractivity contribution in [2.45, 2.75) is 20.4 Å². The second kappa shape index (κ2) is 3.91. The SMILES string of the molecule is Cc1ccc(-c2ccoc2CN)c(C)c1. The quantitative estimate of drug-likeness (QED) is 0.811. The maximum absolute atomic E-state index is 5.62. The minimum Gasteiger partial charge on any atom is -0.467 e. The normalized spacial score (nSPS) is 10.6. The molecule has 0 saturated carbocycles. The van der Waals surface area contributed by atoms with E-state index in [1.165, 1.54) is 16.7 Å². The molecule has 0 atom stereocenters. The van der Waals surface area contributed by atoms with Crippen molar-refractivity contribution in [3.05, 3.63) is 47.4 Å². The number of hydrogen-bond donors (Lipinski definition) is 1.